The Morgan fingerprint density at radius 1 is 1.50 bits per heavy atom. The Morgan fingerprint density at radius 3 is 2.50 bits per heavy atom. The van der Waals surface area contributed by atoms with E-state index in [0.29, 0.717) is 6.54 Å². The first kappa shape index (κ1) is 13.4. The molecule has 1 heterocycles. The molecule has 0 radical (unpaired) electrons. The zero-order valence-electron chi connectivity index (χ0n) is 9.41. The molecule has 0 bridgehead atoms. The van der Waals surface area contributed by atoms with Gasteiger partial charge in [-0.3, -0.25) is 14.5 Å². The van der Waals surface area contributed by atoms with E-state index in [9.17, 15) is 9.59 Å². The zero-order valence-corrected chi connectivity index (χ0v) is 11.0. The molecular formula is C10H18BrN3O2. The summed E-state index contributed by atoms with van der Waals surface area (Å²) in [6.45, 7) is 3.74. The van der Waals surface area contributed by atoms with Gasteiger partial charge in [0.15, 0.2) is 0 Å². The predicted octanol–water partition coefficient (Wildman–Crippen LogP) is -0.164. The Hall–Kier alpha value is -0.620. The van der Waals surface area contributed by atoms with Crippen LogP contribution in [-0.4, -0.2) is 47.2 Å². The van der Waals surface area contributed by atoms with Gasteiger partial charge in [0, 0.05) is 19.1 Å². The maximum atomic E-state index is 11.4. The fraction of sp³-hybridized carbons (Fsp3) is 0.800. The summed E-state index contributed by atoms with van der Waals surface area (Å²) in [6, 6.07) is 0.219. The molecule has 16 heavy (non-hydrogen) atoms. The molecule has 0 aromatic rings. The van der Waals surface area contributed by atoms with E-state index in [4.69, 9.17) is 5.73 Å². The number of nitrogens with zero attached hydrogens (tertiary/aromatic N) is 1. The van der Waals surface area contributed by atoms with E-state index in [1.807, 2.05) is 4.90 Å². The van der Waals surface area contributed by atoms with Crippen molar-refractivity contribution >= 4 is 27.7 Å². The standard InChI is InChI=1S/C10H18BrN3O2/c1-7(11)10(16)13-8-2-4-14(5-3-8)6-9(12)15/h7-8H,2-6H2,1H3,(H2,12,15)(H,13,16). The fourth-order valence-electron chi connectivity index (χ4n) is 1.77. The number of halogens is 1. The van der Waals surface area contributed by atoms with Crippen LogP contribution in [0.15, 0.2) is 0 Å². The maximum absolute atomic E-state index is 11.4. The van der Waals surface area contributed by atoms with Crippen LogP contribution in [0.5, 0.6) is 0 Å². The average Bonchev–Trinajstić information content (AvgIpc) is 2.20. The van der Waals surface area contributed by atoms with Gasteiger partial charge in [-0.05, 0) is 19.8 Å². The number of likely N-dealkylation sites (tertiary alicyclic amines) is 1. The van der Waals surface area contributed by atoms with E-state index in [1.54, 1.807) is 6.92 Å². The van der Waals surface area contributed by atoms with Gasteiger partial charge in [0.25, 0.3) is 0 Å². The predicted molar refractivity (Wildman–Crippen MR) is 65.2 cm³/mol. The fourth-order valence-corrected chi connectivity index (χ4v) is 1.90. The molecule has 1 atom stereocenters. The molecular weight excluding hydrogens is 274 g/mol. The summed E-state index contributed by atoms with van der Waals surface area (Å²) >= 11 is 3.23. The monoisotopic (exact) mass is 291 g/mol. The van der Waals surface area contributed by atoms with Crippen molar-refractivity contribution in [3.05, 3.63) is 0 Å². The summed E-state index contributed by atoms with van der Waals surface area (Å²) in [5.74, 6) is -0.273. The number of hydrogen-bond donors (Lipinski definition) is 2. The number of nitrogens with one attached hydrogen (secondary N) is 1. The number of carbonyl (C=O) groups is 2. The van der Waals surface area contributed by atoms with Crippen molar-refractivity contribution in [3.8, 4) is 0 Å². The maximum Gasteiger partial charge on any atom is 0.233 e. The summed E-state index contributed by atoms with van der Waals surface area (Å²) in [6.07, 6.45) is 1.75. The van der Waals surface area contributed by atoms with E-state index in [1.165, 1.54) is 0 Å². The first-order valence-corrected chi connectivity index (χ1v) is 6.35. The van der Waals surface area contributed by atoms with E-state index in [0.717, 1.165) is 25.9 Å². The second-order valence-corrected chi connectivity index (χ2v) is 5.51. The summed E-state index contributed by atoms with van der Waals surface area (Å²) in [4.78, 5) is 24.0. The number of nitrogens with two attached hydrogens (primary N) is 1. The highest BCUT2D eigenvalue weighted by atomic mass is 79.9. The second-order valence-electron chi connectivity index (χ2n) is 4.14. The third-order valence-electron chi connectivity index (χ3n) is 2.67. The van der Waals surface area contributed by atoms with Crippen molar-refractivity contribution in [2.24, 2.45) is 5.73 Å². The molecule has 1 unspecified atom stereocenters. The van der Waals surface area contributed by atoms with Gasteiger partial charge in [0.2, 0.25) is 11.8 Å². The van der Waals surface area contributed by atoms with Crippen LogP contribution in [0.3, 0.4) is 0 Å². The largest absolute Gasteiger partial charge is 0.369 e. The Morgan fingerprint density at radius 2 is 2.06 bits per heavy atom. The van der Waals surface area contributed by atoms with Crippen molar-refractivity contribution in [3.63, 3.8) is 0 Å². The highest BCUT2D eigenvalue weighted by molar-refractivity contribution is 9.10. The van der Waals surface area contributed by atoms with E-state index in [-0.39, 0.29) is 22.7 Å². The number of primary amides is 1. The minimum Gasteiger partial charge on any atom is -0.369 e. The summed E-state index contributed by atoms with van der Waals surface area (Å²) < 4.78 is 0. The van der Waals surface area contributed by atoms with E-state index in [2.05, 4.69) is 21.2 Å². The van der Waals surface area contributed by atoms with Crippen LogP contribution >= 0.6 is 15.9 Å². The number of amides is 2. The normalized spacial score (nSPS) is 20.4. The molecule has 0 aliphatic carbocycles. The van der Waals surface area contributed by atoms with Crippen molar-refractivity contribution < 1.29 is 9.59 Å². The molecule has 1 aliphatic heterocycles. The molecule has 1 aliphatic rings. The second kappa shape index (κ2) is 6.20. The molecule has 92 valence electrons. The molecule has 1 saturated heterocycles. The Balaban J connectivity index is 2.27. The highest BCUT2D eigenvalue weighted by Crippen LogP contribution is 2.10. The smallest absolute Gasteiger partial charge is 0.233 e. The van der Waals surface area contributed by atoms with Gasteiger partial charge in [-0.15, -0.1) is 0 Å². The van der Waals surface area contributed by atoms with Crippen molar-refractivity contribution in [1.29, 1.82) is 0 Å². The first-order chi connectivity index (χ1) is 7.49. The lowest BCUT2D eigenvalue weighted by molar-refractivity contribution is -0.122. The lowest BCUT2D eigenvalue weighted by atomic mass is 10.0. The summed E-state index contributed by atoms with van der Waals surface area (Å²) in [7, 11) is 0. The van der Waals surface area contributed by atoms with Crippen LogP contribution in [0.1, 0.15) is 19.8 Å². The summed E-state index contributed by atoms with van der Waals surface area (Å²) in [5, 5.41) is 2.96. The average molecular weight is 292 g/mol. The number of rotatable bonds is 4. The lowest BCUT2D eigenvalue weighted by Gasteiger charge is -2.31. The molecule has 2 amide bonds. The van der Waals surface area contributed by atoms with Crippen LogP contribution in [-0.2, 0) is 9.59 Å². The molecule has 0 spiro atoms. The van der Waals surface area contributed by atoms with Gasteiger partial charge in [0.05, 0.1) is 11.4 Å². The van der Waals surface area contributed by atoms with Crippen LogP contribution < -0.4 is 11.1 Å². The van der Waals surface area contributed by atoms with Crippen LogP contribution in [0.2, 0.25) is 0 Å². The first-order valence-electron chi connectivity index (χ1n) is 5.44. The molecule has 3 N–H and O–H groups in total. The number of alkyl halides is 1. The van der Waals surface area contributed by atoms with Gasteiger partial charge in [-0.2, -0.15) is 0 Å². The molecule has 0 aromatic heterocycles. The molecule has 0 saturated carbocycles. The zero-order chi connectivity index (χ0) is 12.1. The minimum atomic E-state index is -0.295. The Labute approximate surface area is 104 Å². The van der Waals surface area contributed by atoms with Gasteiger partial charge in [-0.25, -0.2) is 0 Å². The molecule has 1 fully saturated rings. The van der Waals surface area contributed by atoms with Gasteiger partial charge < -0.3 is 11.1 Å². The van der Waals surface area contributed by atoms with Crippen LogP contribution in [0.25, 0.3) is 0 Å². The Bertz CT molecular complexity index is 263. The van der Waals surface area contributed by atoms with Gasteiger partial charge in [0.1, 0.15) is 0 Å². The lowest BCUT2D eigenvalue weighted by Crippen LogP contribution is -2.47. The molecule has 5 nitrogen and oxygen atoms in total. The third kappa shape index (κ3) is 4.49. The Kier molecular flexibility index (Phi) is 5.21. The number of carbonyl (C=O) groups excluding carboxylic acids is 2. The third-order valence-corrected chi connectivity index (χ3v) is 3.09. The van der Waals surface area contributed by atoms with E-state index >= 15 is 0 Å². The topological polar surface area (TPSA) is 75.4 Å². The van der Waals surface area contributed by atoms with Crippen molar-refractivity contribution in [2.75, 3.05) is 19.6 Å². The van der Waals surface area contributed by atoms with Crippen molar-refractivity contribution in [2.45, 2.75) is 30.6 Å². The summed E-state index contributed by atoms with van der Waals surface area (Å²) in [5.41, 5.74) is 5.12. The SMILES string of the molecule is CC(Br)C(=O)NC1CCN(CC(N)=O)CC1. The van der Waals surface area contributed by atoms with Crippen LogP contribution in [0.4, 0.5) is 0 Å². The molecule has 6 heteroatoms. The minimum absolute atomic E-state index is 0.0216. The van der Waals surface area contributed by atoms with E-state index < -0.39 is 0 Å². The quantitative estimate of drug-likeness (QED) is 0.707. The van der Waals surface area contributed by atoms with Gasteiger partial charge >= 0.3 is 0 Å². The van der Waals surface area contributed by atoms with Gasteiger partial charge in [-0.1, -0.05) is 15.9 Å². The number of piperidine rings is 1. The number of hydrogen-bond acceptors (Lipinski definition) is 3. The molecule has 0 aromatic carbocycles. The van der Waals surface area contributed by atoms with Crippen LogP contribution in [0, 0.1) is 0 Å². The highest BCUT2D eigenvalue weighted by Gasteiger charge is 2.22. The molecule has 1 rings (SSSR count). The van der Waals surface area contributed by atoms with Crippen molar-refractivity contribution in [1.82, 2.24) is 10.2 Å².